The van der Waals surface area contributed by atoms with Gasteiger partial charge < -0.3 is 9.47 Å². The van der Waals surface area contributed by atoms with Crippen LogP contribution in [0.25, 0.3) is 6.08 Å². The molecule has 1 aromatic heterocycles. The van der Waals surface area contributed by atoms with Crippen molar-refractivity contribution in [3.8, 4) is 11.5 Å². The number of fused-ring (bicyclic) bond motifs is 1. The van der Waals surface area contributed by atoms with Gasteiger partial charge in [0.25, 0.3) is 0 Å². The summed E-state index contributed by atoms with van der Waals surface area (Å²) >= 11 is 6.19. The number of hydrogen-bond acceptors (Lipinski definition) is 5. The molecule has 0 saturated carbocycles. The lowest BCUT2D eigenvalue weighted by Crippen LogP contribution is -2.14. The van der Waals surface area contributed by atoms with Crippen molar-refractivity contribution < 1.29 is 19.1 Å². The van der Waals surface area contributed by atoms with Crippen molar-refractivity contribution in [2.24, 2.45) is 0 Å². The summed E-state index contributed by atoms with van der Waals surface area (Å²) in [7, 11) is 0. The van der Waals surface area contributed by atoms with Crippen LogP contribution in [0, 0.1) is 0 Å². The minimum atomic E-state index is -0.932. The Balaban J connectivity index is 1.52. The number of benzene rings is 2. The average molecular weight is 392 g/mol. The highest BCUT2D eigenvalue weighted by Crippen LogP contribution is 2.35. The van der Waals surface area contributed by atoms with Gasteiger partial charge in [0.05, 0.1) is 5.56 Å². The minimum absolute atomic E-state index is 0.186. The van der Waals surface area contributed by atoms with Crippen LogP contribution >= 0.6 is 11.6 Å². The third kappa shape index (κ3) is 3.66. The van der Waals surface area contributed by atoms with Gasteiger partial charge in [0.15, 0.2) is 11.1 Å². The van der Waals surface area contributed by atoms with Crippen molar-refractivity contribution in [1.29, 1.82) is 0 Å². The third-order valence-corrected chi connectivity index (χ3v) is 4.57. The Kier molecular flexibility index (Phi) is 4.91. The van der Waals surface area contributed by atoms with Crippen LogP contribution in [0.15, 0.2) is 78.8 Å². The maximum Gasteiger partial charge on any atom is 0.334 e. The molecule has 0 radical (unpaired) electrons. The number of halogens is 1. The maximum atomic E-state index is 12.5. The van der Waals surface area contributed by atoms with Crippen LogP contribution in [0.2, 0.25) is 0 Å². The number of esters is 1. The van der Waals surface area contributed by atoms with E-state index in [2.05, 4.69) is 4.98 Å². The molecule has 1 aliphatic rings. The Morgan fingerprint density at radius 3 is 2.68 bits per heavy atom. The van der Waals surface area contributed by atoms with Crippen molar-refractivity contribution in [2.45, 2.75) is 5.38 Å². The number of alkyl halides is 1. The number of ether oxygens (including phenoxy) is 2. The molecule has 1 unspecified atom stereocenters. The zero-order valence-corrected chi connectivity index (χ0v) is 15.3. The topological polar surface area (TPSA) is 65.5 Å². The monoisotopic (exact) mass is 391 g/mol. The number of rotatable bonds is 4. The SMILES string of the molecule is O=C1/C(=C/c2cccnc2)Oc2cc(OC(=O)C(Cl)c3ccccc3)ccc21. The first kappa shape index (κ1) is 17.9. The van der Waals surface area contributed by atoms with Gasteiger partial charge in [0.2, 0.25) is 5.78 Å². The fourth-order valence-electron chi connectivity index (χ4n) is 2.77. The van der Waals surface area contributed by atoms with Gasteiger partial charge in [-0.3, -0.25) is 9.78 Å². The van der Waals surface area contributed by atoms with Crippen LogP contribution in [0.4, 0.5) is 0 Å². The lowest BCUT2D eigenvalue weighted by Gasteiger charge is -2.10. The van der Waals surface area contributed by atoms with E-state index >= 15 is 0 Å². The van der Waals surface area contributed by atoms with E-state index in [4.69, 9.17) is 21.1 Å². The van der Waals surface area contributed by atoms with Crippen LogP contribution in [0.3, 0.4) is 0 Å². The van der Waals surface area contributed by atoms with Crippen molar-refractivity contribution in [3.05, 3.63) is 95.5 Å². The lowest BCUT2D eigenvalue weighted by atomic mass is 10.1. The molecule has 0 fully saturated rings. The molecule has 28 heavy (non-hydrogen) atoms. The van der Waals surface area contributed by atoms with Crippen molar-refractivity contribution in [2.75, 3.05) is 0 Å². The minimum Gasteiger partial charge on any atom is -0.452 e. The van der Waals surface area contributed by atoms with Gasteiger partial charge in [0, 0.05) is 18.5 Å². The smallest absolute Gasteiger partial charge is 0.334 e. The maximum absolute atomic E-state index is 12.5. The van der Waals surface area contributed by atoms with Gasteiger partial charge in [0.1, 0.15) is 11.5 Å². The van der Waals surface area contributed by atoms with Gasteiger partial charge in [-0.1, -0.05) is 36.4 Å². The van der Waals surface area contributed by atoms with E-state index in [0.29, 0.717) is 16.9 Å². The second kappa shape index (κ2) is 7.66. The van der Waals surface area contributed by atoms with E-state index in [0.717, 1.165) is 5.56 Å². The molecule has 0 N–H and O–H groups in total. The molecule has 1 aliphatic heterocycles. The van der Waals surface area contributed by atoms with Gasteiger partial charge in [-0.05, 0) is 35.4 Å². The number of ketones is 1. The first-order chi connectivity index (χ1) is 13.6. The van der Waals surface area contributed by atoms with E-state index in [1.165, 1.54) is 6.07 Å². The first-order valence-electron chi connectivity index (χ1n) is 8.51. The van der Waals surface area contributed by atoms with Gasteiger partial charge in [-0.2, -0.15) is 0 Å². The second-order valence-electron chi connectivity index (χ2n) is 6.08. The Morgan fingerprint density at radius 1 is 1.11 bits per heavy atom. The standard InChI is InChI=1S/C22H14ClNO4/c23-20(15-6-2-1-3-7-15)22(26)27-16-8-9-17-18(12-16)28-19(21(17)25)11-14-5-4-10-24-13-14/h1-13,20H/b19-11-. The number of allylic oxidation sites excluding steroid dienone is 1. The number of aromatic nitrogens is 1. The highest BCUT2D eigenvalue weighted by Gasteiger charge is 2.28. The summed E-state index contributed by atoms with van der Waals surface area (Å²) in [5.74, 6) is -0.0810. The lowest BCUT2D eigenvalue weighted by molar-refractivity contribution is -0.134. The fourth-order valence-corrected chi connectivity index (χ4v) is 2.96. The molecule has 0 bridgehead atoms. The van der Waals surface area contributed by atoms with Crippen LogP contribution in [0.1, 0.15) is 26.9 Å². The van der Waals surface area contributed by atoms with Crippen molar-refractivity contribution in [1.82, 2.24) is 4.98 Å². The molecule has 3 aromatic rings. The predicted octanol–water partition coefficient (Wildman–Crippen LogP) is 4.58. The summed E-state index contributed by atoms with van der Waals surface area (Å²) < 4.78 is 11.0. The molecule has 2 heterocycles. The molecular weight excluding hydrogens is 378 g/mol. The number of nitrogens with zero attached hydrogens (tertiary/aromatic N) is 1. The molecule has 5 nitrogen and oxygen atoms in total. The molecule has 0 amide bonds. The summed E-state index contributed by atoms with van der Waals surface area (Å²) in [4.78, 5) is 28.8. The summed E-state index contributed by atoms with van der Waals surface area (Å²) in [5, 5.41) is -0.932. The number of pyridine rings is 1. The largest absolute Gasteiger partial charge is 0.452 e. The molecule has 0 aliphatic carbocycles. The van der Waals surface area contributed by atoms with E-state index in [-0.39, 0.29) is 17.3 Å². The van der Waals surface area contributed by atoms with E-state index in [1.807, 2.05) is 12.1 Å². The van der Waals surface area contributed by atoms with Crippen LogP contribution in [-0.2, 0) is 4.79 Å². The zero-order valence-electron chi connectivity index (χ0n) is 14.5. The highest BCUT2D eigenvalue weighted by molar-refractivity contribution is 6.30. The number of carbonyl (C=O) groups excluding carboxylic acids is 2. The zero-order chi connectivity index (χ0) is 19.5. The Labute approximate surface area is 166 Å². The molecular formula is C22H14ClNO4. The quantitative estimate of drug-likeness (QED) is 0.282. The molecule has 1 atom stereocenters. The normalized spacial score (nSPS) is 15.0. The van der Waals surface area contributed by atoms with E-state index in [9.17, 15) is 9.59 Å². The highest BCUT2D eigenvalue weighted by atomic mass is 35.5. The van der Waals surface area contributed by atoms with Crippen LogP contribution < -0.4 is 9.47 Å². The number of Topliss-reactive ketones (excluding diaryl/α,β-unsaturated/α-hetero) is 1. The van der Waals surface area contributed by atoms with E-state index in [1.54, 1.807) is 60.9 Å². The predicted molar refractivity (Wildman–Crippen MR) is 104 cm³/mol. The number of hydrogen-bond donors (Lipinski definition) is 0. The van der Waals surface area contributed by atoms with Gasteiger partial charge >= 0.3 is 5.97 Å². The molecule has 4 rings (SSSR count). The summed E-state index contributed by atoms with van der Waals surface area (Å²) in [6.07, 6.45) is 4.89. The molecule has 2 aromatic carbocycles. The van der Waals surface area contributed by atoms with Gasteiger partial charge in [-0.15, -0.1) is 11.6 Å². The molecule has 138 valence electrons. The Morgan fingerprint density at radius 2 is 1.93 bits per heavy atom. The van der Waals surface area contributed by atoms with Crippen LogP contribution in [-0.4, -0.2) is 16.7 Å². The van der Waals surface area contributed by atoms with Crippen LogP contribution in [0.5, 0.6) is 11.5 Å². The molecule has 0 saturated heterocycles. The molecule has 6 heteroatoms. The summed E-state index contributed by atoms with van der Waals surface area (Å²) in [5.41, 5.74) is 1.79. The second-order valence-corrected chi connectivity index (χ2v) is 6.51. The Hall–Kier alpha value is -3.44. The Bertz CT molecular complexity index is 1060. The van der Waals surface area contributed by atoms with E-state index < -0.39 is 11.3 Å². The van der Waals surface area contributed by atoms with Crippen molar-refractivity contribution in [3.63, 3.8) is 0 Å². The number of carbonyl (C=O) groups is 2. The van der Waals surface area contributed by atoms with Gasteiger partial charge in [-0.25, -0.2) is 4.79 Å². The van der Waals surface area contributed by atoms with Crippen molar-refractivity contribution >= 4 is 29.4 Å². The fraction of sp³-hybridized carbons (Fsp3) is 0.0455. The average Bonchev–Trinajstić information content (AvgIpc) is 3.03. The summed E-state index contributed by atoms with van der Waals surface area (Å²) in [6.45, 7) is 0. The first-order valence-corrected chi connectivity index (χ1v) is 8.94. The molecule has 0 spiro atoms. The third-order valence-electron chi connectivity index (χ3n) is 4.14. The summed E-state index contributed by atoms with van der Waals surface area (Å²) in [6, 6.07) is 17.1.